The molecular weight excluding hydrogens is 488 g/mol. The molecular formula is C24H32N4O5S2. The van der Waals surface area contributed by atoms with E-state index in [0.717, 1.165) is 56.3 Å². The fraction of sp³-hybridized carbons (Fsp3) is 0.583. The number of carbonyl (C=O) groups is 3. The van der Waals surface area contributed by atoms with Crippen LogP contribution in [0.1, 0.15) is 61.9 Å². The molecule has 2 aromatic rings. The van der Waals surface area contributed by atoms with Crippen molar-refractivity contribution in [3.05, 3.63) is 28.6 Å². The van der Waals surface area contributed by atoms with Gasteiger partial charge in [-0.1, -0.05) is 18.0 Å². The SMILES string of the molecule is O=C1N[C@H]2[C@H](CS[C@H]2CCCCC(=O)OCCCCCCNC(=O)c2cc(-c3ccsc3)on2)N1. The standard InChI is InChI=1S/C24H32N4O5S2/c29-21(8-4-3-7-20-22-18(15-35-20)26-24(31)27-22)32-11-6-2-1-5-10-25-23(30)17-13-19(33-28-17)16-9-12-34-14-16/h9,12-14,18,20,22H,1-8,10-11,15H2,(H,25,30)(H2,26,27,31)/t18-,20-,22-/m0/s1. The van der Waals surface area contributed by atoms with E-state index in [1.54, 1.807) is 17.4 Å². The third-order valence-electron chi connectivity index (χ3n) is 6.23. The van der Waals surface area contributed by atoms with Crippen molar-refractivity contribution in [1.82, 2.24) is 21.1 Å². The monoisotopic (exact) mass is 520 g/mol. The number of thioether (sulfide) groups is 1. The molecule has 3 amide bonds. The fourth-order valence-corrected chi connectivity index (χ4v) is 6.50. The van der Waals surface area contributed by atoms with Gasteiger partial charge in [-0.2, -0.15) is 23.1 Å². The lowest BCUT2D eigenvalue weighted by molar-refractivity contribution is -0.143. The van der Waals surface area contributed by atoms with E-state index >= 15 is 0 Å². The zero-order valence-corrected chi connectivity index (χ0v) is 21.3. The molecule has 35 heavy (non-hydrogen) atoms. The Bertz CT molecular complexity index is 980. The van der Waals surface area contributed by atoms with E-state index in [0.29, 0.717) is 30.6 Å². The molecule has 2 fully saturated rings. The molecule has 0 aromatic carbocycles. The number of hydrogen-bond acceptors (Lipinski definition) is 8. The van der Waals surface area contributed by atoms with Gasteiger partial charge in [-0.05, 0) is 43.6 Å². The molecule has 2 aliphatic rings. The zero-order valence-electron chi connectivity index (χ0n) is 19.6. The number of fused-ring (bicyclic) bond motifs is 1. The number of carbonyl (C=O) groups excluding carboxylic acids is 3. The van der Waals surface area contributed by atoms with Crippen LogP contribution in [0.15, 0.2) is 27.4 Å². The van der Waals surface area contributed by atoms with Gasteiger partial charge in [-0.15, -0.1) is 0 Å². The third kappa shape index (κ3) is 7.47. The Morgan fingerprint density at radius 2 is 2.06 bits per heavy atom. The zero-order chi connectivity index (χ0) is 24.5. The predicted octanol–water partition coefficient (Wildman–Crippen LogP) is 3.96. The minimum Gasteiger partial charge on any atom is -0.466 e. The van der Waals surface area contributed by atoms with Crippen molar-refractivity contribution in [3.8, 4) is 11.3 Å². The van der Waals surface area contributed by atoms with Gasteiger partial charge in [0.1, 0.15) is 0 Å². The third-order valence-corrected chi connectivity index (χ3v) is 8.42. The second kappa shape index (κ2) is 13.0. The summed E-state index contributed by atoms with van der Waals surface area (Å²) in [7, 11) is 0. The first-order chi connectivity index (χ1) is 17.1. The maximum absolute atomic E-state index is 12.2. The minimum atomic E-state index is -0.236. The summed E-state index contributed by atoms with van der Waals surface area (Å²) < 4.78 is 10.6. The fourth-order valence-electron chi connectivity index (χ4n) is 4.31. The highest BCUT2D eigenvalue weighted by Gasteiger charge is 2.42. The Balaban J connectivity index is 0.963. The van der Waals surface area contributed by atoms with Crippen molar-refractivity contribution in [3.63, 3.8) is 0 Å². The average Bonchev–Trinajstić information content (AvgIpc) is 3.63. The highest BCUT2D eigenvalue weighted by molar-refractivity contribution is 8.00. The second-order valence-electron chi connectivity index (χ2n) is 8.85. The topological polar surface area (TPSA) is 123 Å². The van der Waals surface area contributed by atoms with E-state index < -0.39 is 0 Å². The number of thiophene rings is 1. The maximum atomic E-state index is 12.2. The van der Waals surface area contributed by atoms with Gasteiger partial charge >= 0.3 is 12.0 Å². The van der Waals surface area contributed by atoms with Gasteiger partial charge in [0.25, 0.3) is 5.91 Å². The smallest absolute Gasteiger partial charge is 0.315 e. The van der Waals surface area contributed by atoms with Crippen LogP contribution in [-0.4, -0.2) is 59.3 Å². The van der Waals surface area contributed by atoms with Crippen LogP contribution in [0.2, 0.25) is 0 Å². The molecule has 3 N–H and O–H groups in total. The van der Waals surface area contributed by atoms with Gasteiger partial charge in [-0.3, -0.25) is 9.59 Å². The Kier molecular flexibility index (Phi) is 9.47. The van der Waals surface area contributed by atoms with Crippen molar-refractivity contribution < 1.29 is 23.6 Å². The molecule has 0 bridgehead atoms. The lowest BCUT2D eigenvalue weighted by Gasteiger charge is -2.16. The molecule has 190 valence electrons. The number of ether oxygens (including phenoxy) is 1. The molecule has 2 aromatic heterocycles. The molecule has 0 radical (unpaired) electrons. The van der Waals surface area contributed by atoms with Gasteiger partial charge in [0.05, 0.1) is 18.7 Å². The summed E-state index contributed by atoms with van der Waals surface area (Å²) in [4.78, 5) is 35.5. The number of hydrogen-bond donors (Lipinski definition) is 3. The number of amides is 3. The second-order valence-corrected chi connectivity index (χ2v) is 10.9. The number of nitrogens with one attached hydrogen (secondary N) is 3. The van der Waals surface area contributed by atoms with E-state index in [1.807, 2.05) is 28.6 Å². The molecule has 4 heterocycles. The maximum Gasteiger partial charge on any atom is 0.315 e. The van der Waals surface area contributed by atoms with Crippen molar-refractivity contribution in [2.45, 2.75) is 68.7 Å². The predicted molar refractivity (Wildman–Crippen MR) is 136 cm³/mol. The van der Waals surface area contributed by atoms with Gasteiger partial charge in [0, 0.05) is 41.0 Å². The number of aromatic nitrogens is 1. The summed E-state index contributed by atoms with van der Waals surface area (Å²) in [5.41, 5.74) is 1.20. The van der Waals surface area contributed by atoms with Gasteiger partial charge in [-0.25, -0.2) is 4.79 Å². The van der Waals surface area contributed by atoms with Crippen molar-refractivity contribution >= 4 is 41.0 Å². The number of unbranched alkanes of at least 4 members (excludes halogenated alkanes) is 4. The Labute approximate surface area is 213 Å². The summed E-state index contributed by atoms with van der Waals surface area (Å²) in [6.45, 7) is 1.01. The van der Waals surface area contributed by atoms with Crippen LogP contribution in [0.5, 0.6) is 0 Å². The van der Waals surface area contributed by atoms with Gasteiger partial charge in [0.2, 0.25) is 0 Å². The van der Waals surface area contributed by atoms with Crippen molar-refractivity contribution in [2.24, 2.45) is 0 Å². The minimum absolute atomic E-state index is 0.0614. The van der Waals surface area contributed by atoms with Crippen LogP contribution >= 0.6 is 23.1 Å². The lowest BCUT2D eigenvalue weighted by atomic mass is 10.0. The molecule has 11 heteroatoms. The van der Waals surface area contributed by atoms with Crippen molar-refractivity contribution in [1.29, 1.82) is 0 Å². The number of nitrogens with zero attached hydrogens (tertiary/aromatic N) is 1. The van der Waals surface area contributed by atoms with Crippen LogP contribution < -0.4 is 16.0 Å². The summed E-state index contributed by atoms with van der Waals surface area (Å²) in [6, 6.07) is 3.98. The van der Waals surface area contributed by atoms with Crippen LogP contribution in [-0.2, 0) is 9.53 Å². The first kappa shape index (κ1) is 25.6. The van der Waals surface area contributed by atoms with E-state index in [2.05, 4.69) is 21.1 Å². The first-order valence-corrected chi connectivity index (χ1v) is 14.2. The van der Waals surface area contributed by atoms with E-state index in [1.165, 1.54) is 0 Å². The Morgan fingerprint density at radius 3 is 2.91 bits per heavy atom. The highest BCUT2D eigenvalue weighted by Crippen LogP contribution is 2.33. The Morgan fingerprint density at radius 1 is 1.17 bits per heavy atom. The van der Waals surface area contributed by atoms with Crippen LogP contribution in [0.25, 0.3) is 11.3 Å². The molecule has 0 spiro atoms. The average molecular weight is 521 g/mol. The lowest BCUT2D eigenvalue weighted by Crippen LogP contribution is -2.36. The molecule has 2 saturated heterocycles. The summed E-state index contributed by atoms with van der Waals surface area (Å²) >= 11 is 3.46. The quantitative estimate of drug-likeness (QED) is 0.196. The van der Waals surface area contributed by atoms with Crippen molar-refractivity contribution in [2.75, 3.05) is 18.9 Å². The molecule has 4 rings (SSSR count). The summed E-state index contributed by atoms with van der Waals surface area (Å²) in [5, 5.41) is 17.0. The highest BCUT2D eigenvalue weighted by atomic mass is 32.2. The molecule has 9 nitrogen and oxygen atoms in total. The summed E-state index contributed by atoms with van der Waals surface area (Å²) in [5.74, 6) is 1.18. The van der Waals surface area contributed by atoms with Crippen LogP contribution in [0.3, 0.4) is 0 Å². The number of urea groups is 1. The normalized spacial score (nSPS) is 20.8. The summed E-state index contributed by atoms with van der Waals surface area (Å²) in [6.07, 6.45) is 6.78. The van der Waals surface area contributed by atoms with Crippen LogP contribution in [0.4, 0.5) is 4.79 Å². The van der Waals surface area contributed by atoms with Gasteiger partial charge < -0.3 is 25.2 Å². The molecule has 0 saturated carbocycles. The molecule has 3 atom stereocenters. The molecule has 2 aliphatic heterocycles. The largest absolute Gasteiger partial charge is 0.466 e. The van der Waals surface area contributed by atoms with E-state index in [-0.39, 0.29) is 35.7 Å². The van der Waals surface area contributed by atoms with E-state index in [4.69, 9.17) is 9.26 Å². The Hall–Kier alpha value is -2.53. The van der Waals surface area contributed by atoms with Crippen LogP contribution in [0, 0.1) is 0 Å². The first-order valence-electron chi connectivity index (χ1n) is 12.2. The van der Waals surface area contributed by atoms with E-state index in [9.17, 15) is 14.4 Å². The molecule has 0 aliphatic carbocycles. The number of rotatable bonds is 14. The number of esters is 1. The van der Waals surface area contributed by atoms with Gasteiger partial charge in [0.15, 0.2) is 11.5 Å². The molecule has 0 unspecified atom stereocenters.